The van der Waals surface area contributed by atoms with E-state index < -0.39 is 6.09 Å². The van der Waals surface area contributed by atoms with Gasteiger partial charge in [0.1, 0.15) is 0 Å². The first-order valence-electron chi connectivity index (χ1n) is 7.85. The molecular weight excluding hydrogens is 306 g/mol. The van der Waals surface area contributed by atoms with Crippen molar-refractivity contribution in [1.82, 2.24) is 19.8 Å². The second-order valence-corrected chi connectivity index (χ2v) is 5.92. The lowest BCUT2D eigenvalue weighted by Gasteiger charge is -2.15. The molecule has 1 aromatic carbocycles. The molecule has 7 nitrogen and oxygen atoms in total. The monoisotopic (exact) mass is 325 g/mol. The smallest absolute Gasteiger partial charge is 0.407 e. The number of carbonyl (C=O) groups is 1. The summed E-state index contributed by atoms with van der Waals surface area (Å²) in [6, 6.07) is 9.79. The lowest BCUT2D eigenvalue weighted by molar-refractivity contribution is 0.154. The van der Waals surface area contributed by atoms with Crippen LogP contribution in [0.2, 0.25) is 0 Å². The van der Waals surface area contributed by atoms with Crippen molar-refractivity contribution in [3.8, 4) is 6.07 Å². The van der Waals surface area contributed by atoms with Gasteiger partial charge in [0.25, 0.3) is 0 Å². The van der Waals surface area contributed by atoms with Gasteiger partial charge in [-0.2, -0.15) is 5.26 Å². The van der Waals surface area contributed by atoms with Crippen LogP contribution in [-0.4, -0.2) is 44.8 Å². The van der Waals surface area contributed by atoms with Crippen LogP contribution in [0, 0.1) is 11.3 Å². The molecule has 0 spiro atoms. The van der Waals surface area contributed by atoms with E-state index in [1.54, 1.807) is 6.33 Å². The van der Waals surface area contributed by atoms with Gasteiger partial charge in [0.2, 0.25) is 0 Å². The molecule has 0 saturated carbocycles. The predicted octanol–water partition coefficient (Wildman–Crippen LogP) is 1.64. The number of benzene rings is 1. The van der Waals surface area contributed by atoms with Crippen LogP contribution in [0.5, 0.6) is 0 Å². The fourth-order valence-corrected chi connectivity index (χ4v) is 2.87. The Labute approximate surface area is 140 Å². The van der Waals surface area contributed by atoms with Gasteiger partial charge in [-0.25, -0.2) is 9.78 Å². The maximum atomic E-state index is 10.9. The van der Waals surface area contributed by atoms with E-state index in [4.69, 9.17) is 10.4 Å². The van der Waals surface area contributed by atoms with Crippen molar-refractivity contribution in [1.29, 1.82) is 5.26 Å². The molecule has 0 unspecified atom stereocenters. The summed E-state index contributed by atoms with van der Waals surface area (Å²) in [5.74, 6) is 0. The molecule has 1 saturated heterocycles. The summed E-state index contributed by atoms with van der Waals surface area (Å²) in [6.07, 6.45) is 3.58. The van der Waals surface area contributed by atoms with Crippen molar-refractivity contribution in [3.63, 3.8) is 0 Å². The van der Waals surface area contributed by atoms with Gasteiger partial charge < -0.3 is 19.9 Å². The summed E-state index contributed by atoms with van der Waals surface area (Å²) in [5, 5.41) is 21.2. The van der Waals surface area contributed by atoms with Gasteiger partial charge in [-0.05, 0) is 24.1 Å². The van der Waals surface area contributed by atoms with Gasteiger partial charge in [-0.15, -0.1) is 0 Å². The van der Waals surface area contributed by atoms with E-state index in [2.05, 4.69) is 20.9 Å². The Morgan fingerprint density at radius 1 is 1.42 bits per heavy atom. The lowest BCUT2D eigenvalue weighted by atomic mass is 10.1. The Morgan fingerprint density at radius 3 is 2.88 bits per heavy atom. The molecule has 3 rings (SSSR count). The third kappa shape index (κ3) is 3.73. The zero-order valence-corrected chi connectivity index (χ0v) is 13.2. The second-order valence-electron chi connectivity index (χ2n) is 5.92. The topological polar surface area (TPSA) is 94.2 Å². The van der Waals surface area contributed by atoms with Crippen LogP contribution in [0.25, 0.3) is 0 Å². The minimum absolute atomic E-state index is 0.180. The van der Waals surface area contributed by atoms with Crippen molar-refractivity contribution >= 4 is 6.09 Å². The molecule has 1 aromatic heterocycles. The molecule has 1 aliphatic rings. The van der Waals surface area contributed by atoms with Gasteiger partial charge in [0, 0.05) is 38.4 Å². The standard InChI is InChI=1S/C17H19N5O2/c18-7-13-1-3-14(4-2-13)10-22-12-19-8-16(22)9-20-15-5-6-21(11-15)17(23)24/h1-4,8,12,15,20H,5-6,9-11H2,(H,23,24)/t15-/m1/s1. The fourth-order valence-electron chi connectivity index (χ4n) is 2.87. The fraction of sp³-hybridized carbons (Fsp3) is 0.353. The van der Waals surface area contributed by atoms with Gasteiger partial charge >= 0.3 is 6.09 Å². The molecule has 2 heterocycles. The quantitative estimate of drug-likeness (QED) is 0.871. The van der Waals surface area contributed by atoms with Crippen LogP contribution in [0.1, 0.15) is 23.2 Å². The number of nitrogens with one attached hydrogen (secondary N) is 1. The van der Waals surface area contributed by atoms with Gasteiger partial charge in [-0.1, -0.05) is 12.1 Å². The Bertz CT molecular complexity index is 747. The summed E-state index contributed by atoms with van der Waals surface area (Å²) in [6.45, 7) is 2.44. The number of nitrogens with zero attached hydrogens (tertiary/aromatic N) is 4. The average Bonchev–Trinajstić information content (AvgIpc) is 3.23. The highest BCUT2D eigenvalue weighted by molar-refractivity contribution is 5.65. The minimum Gasteiger partial charge on any atom is -0.465 e. The first kappa shape index (κ1) is 16.0. The van der Waals surface area contributed by atoms with E-state index in [9.17, 15) is 4.79 Å². The largest absolute Gasteiger partial charge is 0.465 e. The number of hydrogen-bond acceptors (Lipinski definition) is 4. The second kappa shape index (κ2) is 7.15. The number of amides is 1. The van der Waals surface area contributed by atoms with Crippen LogP contribution in [0.4, 0.5) is 4.79 Å². The van der Waals surface area contributed by atoms with Crippen molar-refractivity contribution in [2.45, 2.75) is 25.6 Å². The van der Waals surface area contributed by atoms with Crippen LogP contribution in [0.3, 0.4) is 0 Å². The number of likely N-dealkylation sites (tertiary alicyclic amines) is 1. The van der Waals surface area contributed by atoms with Crippen LogP contribution >= 0.6 is 0 Å². The van der Waals surface area contributed by atoms with Gasteiger partial charge in [-0.3, -0.25) is 0 Å². The zero-order chi connectivity index (χ0) is 16.9. The van der Waals surface area contributed by atoms with E-state index in [0.717, 1.165) is 17.7 Å². The SMILES string of the molecule is N#Cc1ccc(Cn2cncc2CN[C@@H]2CCN(C(=O)O)C2)cc1. The Balaban J connectivity index is 1.57. The molecule has 7 heteroatoms. The number of carboxylic acid groups (broad SMARTS) is 1. The molecular formula is C17H19N5O2. The number of nitriles is 1. The minimum atomic E-state index is -0.856. The number of aromatic nitrogens is 2. The molecule has 2 aromatic rings. The van der Waals surface area contributed by atoms with E-state index in [-0.39, 0.29) is 6.04 Å². The van der Waals surface area contributed by atoms with Crippen LogP contribution < -0.4 is 5.32 Å². The summed E-state index contributed by atoms with van der Waals surface area (Å²) in [7, 11) is 0. The number of rotatable bonds is 5. The molecule has 0 bridgehead atoms. The molecule has 24 heavy (non-hydrogen) atoms. The van der Waals surface area contributed by atoms with Crippen molar-refractivity contribution < 1.29 is 9.90 Å². The summed E-state index contributed by atoms with van der Waals surface area (Å²) in [4.78, 5) is 16.6. The summed E-state index contributed by atoms with van der Waals surface area (Å²) < 4.78 is 2.05. The van der Waals surface area contributed by atoms with Crippen LogP contribution in [-0.2, 0) is 13.1 Å². The Hall–Kier alpha value is -2.85. The molecule has 1 amide bonds. The van der Waals surface area contributed by atoms with E-state index in [1.807, 2.05) is 30.5 Å². The van der Waals surface area contributed by atoms with Gasteiger partial charge in [0.05, 0.1) is 23.7 Å². The van der Waals surface area contributed by atoms with Crippen molar-refractivity contribution in [2.75, 3.05) is 13.1 Å². The summed E-state index contributed by atoms with van der Waals surface area (Å²) in [5.41, 5.74) is 2.80. The molecule has 1 atom stereocenters. The maximum absolute atomic E-state index is 10.9. The Morgan fingerprint density at radius 2 is 2.21 bits per heavy atom. The first-order valence-corrected chi connectivity index (χ1v) is 7.85. The molecule has 0 radical (unpaired) electrons. The molecule has 1 fully saturated rings. The van der Waals surface area contributed by atoms with E-state index in [1.165, 1.54) is 4.90 Å². The van der Waals surface area contributed by atoms with Gasteiger partial charge in [0.15, 0.2) is 0 Å². The molecule has 0 aliphatic carbocycles. The van der Waals surface area contributed by atoms with E-state index >= 15 is 0 Å². The number of hydrogen-bond donors (Lipinski definition) is 2. The molecule has 124 valence electrons. The average molecular weight is 325 g/mol. The first-order chi connectivity index (χ1) is 11.7. The van der Waals surface area contributed by atoms with Crippen molar-refractivity contribution in [2.24, 2.45) is 0 Å². The normalized spacial score (nSPS) is 17.0. The zero-order valence-electron chi connectivity index (χ0n) is 13.2. The molecule has 2 N–H and O–H groups in total. The van der Waals surface area contributed by atoms with E-state index in [0.29, 0.717) is 31.7 Å². The Kier molecular flexibility index (Phi) is 4.77. The third-order valence-corrected chi connectivity index (χ3v) is 4.27. The lowest BCUT2D eigenvalue weighted by Crippen LogP contribution is -2.34. The molecule has 1 aliphatic heterocycles. The van der Waals surface area contributed by atoms with Crippen LogP contribution in [0.15, 0.2) is 36.8 Å². The highest BCUT2D eigenvalue weighted by atomic mass is 16.4. The highest BCUT2D eigenvalue weighted by Crippen LogP contribution is 2.11. The number of imidazole rings is 1. The predicted molar refractivity (Wildman–Crippen MR) is 87.3 cm³/mol. The van der Waals surface area contributed by atoms with Crippen molar-refractivity contribution in [3.05, 3.63) is 53.6 Å². The highest BCUT2D eigenvalue weighted by Gasteiger charge is 2.25. The maximum Gasteiger partial charge on any atom is 0.407 e. The third-order valence-electron chi connectivity index (χ3n) is 4.27. The summed E-state index contributed by atoms with van der Waals surface area (Å²) >= 11 is 0.